The van der Waals surface area contributed by atoms with E-state index < -0.39 is 0 Å². The Morgan fingerprint density at radius 1 is 0.600 bits per heavy atom. The summed E-state index contributed by atoms with van der Waals surface area (Å²) < 4.78 is 10.8. The number of aryl methyl sites for hydroxylation is 2. The molecule has 0 saturated heterocycles. The Labute approximate surface area is 121 Å². The van der Waals surface area contributed by atoms with Crippen molar-refractivity contribution < 1.29 is 9.47 Å². The van der Waals surface area contributed by atoms with Gasteiger partial charge in [-0.05, 0) is 85.3 Å². The van der Waals surface area contributed by atoms with Crippen molar-refractivity contribution >= 4 is 0 Å². The fraction of sp³-hybridized carbons (Fsp3) is 0.333. The lowest BCUT2D eigenvalue weighted by Gasteiger charge is -2.16. The van der Waals surface area contributed by atoms with Crippen LogP contribution in [0.4, 0.5) is 0 Å². The molecule has 0 fully saturated rings. The zero-order valence-corrected chi connectivity index (χ0v) is 13.1. The van der Waals surface area contributed by atoms with Crippen LogP contribution in [0.25, 0.3) is 11.1 Å². The second-order valence-electron chi connectivity index (χ2n) is 5.23. The first-order valence-electron chi connectivity index (χ1n) is 6.78. The van der Waals surface area contributed by atoms with Gasteiger partial charge in [0.25, 0.3) is 0 Å². The molecule has 2 aromatic carbocycles. The summed E-state index contributed by atoms with van der Waals surface area (Å²) >= 11 is 0. The molecule has 0 bridgehead atoms. The summed E-state index contributed by atoms with van der Waals surface area (Å²) in [6, 6.07) is 8.34. The van der Waals surface area contributed by atoms with Crippen LogP contribution in [0.5, 0.6) is 11.5 Å². The van der Waals surface area contributed by atoms with Gasteiger partial charge in [-0.15, -0.1) is 0 Å². The molecular weight excluding hydrogens is 248 g/mol. The highest BCUT2D eigenvalue weighted by Crippen LogP contribution is 2.35. The molecule has 0 amide bonds. The van der Waals surface area contributed by atoms with E-state index in [9.17, 15) is 0 Å². The summed E-state index contributed by atoms with van der Waals surface area (Å²) in [6.07, 6.45) is 0. The average Bonchev–Trinajstić information content (AvgIpc) is 2.44. The summed E-state index contributed by atoms with van der Waals surface area (Å²) in [5.74, 6) is 1.78. The van der Waals surface area contributed by atoms with Crippen LogP contribution < -0.4 is 9.47 Å². The summed E-state index contributed by atoms with van der Waals surface area (Å²) in [5, 5.41) is 0. The van der Waals surface area contributed by atoms with Crippen LogP contribution in [0.1, 0.15) is 22.3 Å². The first-order chi connectivity index (χ1) is 9.47. The highest BCUT2D eigenvalue weighted by atomic mass is 16.5. The van der Waals surface area contributed by atoms with Crippen LogP contribution in [-0.2, 0) is 0 Å². The van der Waals surface area contributed by atoms with Crippen molar-refractivity contribution in [3.8, 4) is 22.6 Å². The first-order valence-corrected chi connectivity index (χ1v) is 6.78. The van der Waals surface area contributed by atoms with E-state index in [4.69, 9.17) is 9.47 Å². The Balaban J connectivity index is 2.73. The van der Waals surface area contributed by atoms with Gasteiger partial charge in [-0.1, -0.05) is 0 Å². The molecule has 0 heterocycles. The van der Waals surface area contributed by atoms with E-state index in [2.05, 4.69) is 52.0 Å². The number of rotatable bonds is 3. The number of hydrogen-bond donors (Lipinski definition) is 0. The van der Waals surface area contributed by atoms with Crippen molar-refractivity contribution in [3.63, 3.8) is 0 Å². The lowest BCUT2D eigenvalue weighted by molar-refractivity contribution is 0.413. The van der Waals surface area contributed by atoms with Crippen LogP contribution in [0.15, 0.2) is 24.3 Å². The maximum atomic E-state index is 5.41. The van der Waals surface area contributed by atoms with Crippen molar-refractivity contribution in [2.45, 2.75) is 27.7 Å². The van der Waals surface area contributed by atoms with Crippen molar-refractivity contribution in [3.05, 3.63) is 46.5 Å². The monoisotopic (exact) mass is 270 g/mol. The van der Waals surface area contributed by atoms with Crippen molar-refractivity contribution in [2.24, 2.45) is 0 Å². The van der Waals surface area contributed by atoms with Gasteiger partial charge in [0.15, 0.2) is 0 Å². The molecule has 0 aliphatic rings. The predicted molar refractivity (Wildman–Crippen MR) is 83.9 cm³/mol. The number of hydrogen-bond acceptors (Lipinski definition) is 2. The van der Waals surface area contributed by atoms with Crippen LogP contribution in [0.3, 0.4) is 0 Å². The second-order valence-corrected chi connectivity index (χ2v) is 5.23. The molecule has 0 atom stereocenters. The Morgan fingerprint density at radius 2 is 0.950 bits per heavy atom. The van der Waals surface area contributed by atoms with Gasteiger partial charge in [0, 0.05) is 0 Å². The minimum atomic E-state index is 0.892. The Kier molecular flexibility index (Phi) is 4.03. The number of ether oxygens (including phenoxy) is 2. The Morgan fingerprint density at radius 3 is 1.25 bits per heavy atom. The van der Waals surface area contributed by atoms with E-state index in [-0.39, 0.29) is 0 Å². The number of methoxy groups -OCH3 is 2. The molecular formula is C18H22O2. The molecule has 2 nitrogen and oxygen atoms in total. The van der Waals surface area contributed by atoms with Gasteiger partial charge in [-0.2, -0.15) is 0 Å². The van der Waals surface area contributed by atoms with E-state index in [1.165, 1.54) is 33.4 Å². The third-order valence-electron chi connectivity index (χ3n) is 4.04. The molecule has 0 saturated carbocycles. The van der Waals surface area contributed by atoms with Crippen LogP contribution in [0, 0.1) is 27.7 Å². The Bertz CT molecular complexity index is 585. The summed E-state index contributed by atoms with van der Waals surface area (Å²) in [5.41, 5.74) is 7.45. The maximum absolute atomic E-state index is 5.41. The highest BCUT2D eigenvalue weighted by molar-refractivity contribution is 5.75. The molecule has 0 unspecified atom stereocenters. The van der Waals surface area contributed by atoms with E-state index in [0.29, 0.717) is 0 Å². The summed E-state index contributed by atoms with van der Waals surface area (Å²) in [4.78, 5) is 0. The molecule has 2 aromatic rings. The van der Waals surface area contributed by atoms with Crippen LogP contribution in [0.2, 0.25) is 0 Å². The van der Waals surface area contributed by atoms with Crippen LogP contribution in [-0.4, -0.2) is 14.2 Å². The topological polar surface area (TPSA) is 18.5 Å². The third kappa shape index (κ3) is 2.51. The largest absolute Gasteiger partial charge is 0.497 e. The van der Waals surface area contributed by atoms with Gasteiger partial charge < -0.3 is 9.47 Å². The minimum absolute atomic E-state index is 0.892. The second kappa shape index (κ2) is 5.58. The molecule has 2 heteroatoms. The van der Waals surface area contributed by atoms with Gasteiger partial charge in [0.1, 0.15) is 11.5 Å². The van der Waals surface area contributed by atoms with Gasteiger partial charge in [-0.25, -0.2) is 0 Å². The molecule has 0 aromatic heterocycles. The van der Waals surface area contributed by atoms with E-state index in [0.717, 1.165) is 11.5 Å². The van der Waals surface area contributed by atoms with Crippen molar-refractivity contribution in [1.82, 2.24) is 0 Å². The molecule has 0 N–H and O–H groups in total. The molecule has 0 aliphatic heterocycles. The van der Waals surface area contributed by atoms with Crippen molar-refractivity contribution in [1.29, 1.82) is 0 Å². The summed E-state index contributed by atoms with van der Waals surface area (Å²) in [6.45, 7) is 8.53. The highest BCUT2D eigenvalue weighted by Gasteiger charge is 2.12. The average molecular weight is 270 g/mol. The van der Waals surface area contributed by atoms with Gasteiger partial charge in [-0.3, -0.25) is 0 Å². The van der Waals surface area contributed by atoms with Crippen LogP contribution >= 0.6 is 0 Å². The lowest BCUT2D eigenvalue weighted by Crippen LogP contribution is -1.96. The van der Waals surface area contributed by atoms with Gasteiger partial charge >= 0.3 is 0 Å². The zero-order chi connectivity index (χ0) is 14.9. The molecule has 20 heavy (non-hydrogen) atoms. The Hall–Kier alpha value is -1.96. The zero-order valence-electron chi connectivity index (χ0n) is 13.1. The van der Waals surface area contributed by atoms with E-state index in [1.54, 1.807) is 14.2 Å². The van der Waals surface area contributed by atoms with Crippen molar-refractivity contribution in [2.75, 3.05) is 14.2 Å². The van der Waals surface area contributed by atoms with E-state index >= 15 is 0 Å². The number of benzene rings is 2. The van der Waals surface area contributed by atoms with E-state index in [1.807, 2.05) is 0 Å². The predicted octanol–water partition coefficient (Wildman–Crippen LogP) is 4.60. The normalized spacial score (nSPS) is 10.5. The SMILES string of the molecule is COc1cc(C)c(C)c(-c2cc(OC)cc(C)c2C)c1. The standard InChI is InChI=1S/C18H22O2/c1-11-7-15(19-5)9-17(13(11)3)18-10-16(20-6)8-12(2)14(18)4/h7-10H,1-6H3. The fourth-order valence-corrected chi connectivity index (χ4v) is 2.45. The molecule has 0 radical (unpaired) electrons. The maximum Gasteiger partial charge on any atom is 0.119 e. The first kappa shape index (κ1) is 14.4. The third-order valence-corrected chi connectivity index (χ3v) is 4.04. The molecule has 2 rings (SSSR count). The van der Waals surface area contributed by atoms with Gasteiger partial charge in [0.05, 0.1) is 14.2 Å². The summed E-state index contributed by atoms with van der Waals surface area (Å²) in [7, 11) is 3.41. The smallest absolute Gasteiger partial charge is 0.119 e. The van der Waals surface area contributed by atoms with Gasteiger partial charge in [0.2, 0.25) is 0 Å². The minimum Gasteiger partial charge on any atom is -0.497 e. The quantitative estimate of drug-likeness (QED) is 0.811. The molecule has 0 spiro atoms. The molecule has 106 valence electrons. The molecule has 0 aliphatic carbocycles. The lowest BCUT2D eigenvalue weighted by atomic mass is 9.91. The fourth-order valence-electron chi connectivity index (χ4n) is 2.45.